The summed E-state index contributed by atoms with van der Waals surface area (Å²) < 4.78 is 10.9. The second kappa shape index (κ2) is 7.44. The Morgan fingerprint density at radius 3 is 2.46 bits per heavy atom. The van der Waals surface area contributed by atoms with Gasteiger partial charge in [0.2, 0.25) is 5.88 Å². The molecule has 2 aromatic carbocycles. The molecule has 5 nitrogen and oxygen atoms in total. The standard InChI is InChI=1S/C21H22N2O3/c1-13-5-8-17(9-6-13)19-12-20(26-23-19)22-21(24)16(4)25-18-10-7-14(2)15(3)11-18/h5-12,16H,1-4H3,(H,22,24)/t16-/m0/s1. The van der Waals surface area contributed by atoms with Crippen molar-refractivity contribution in [3.63, 3.8) is 0 Å². The number of rotatable bonds is 5. The van der Waals surface area contributed by atoms with Crippen LogP contribution >= 0.6 is 0 Å². The smallest absolute Gasteiger partial charge is 0.267 e. The summed E-state index contributed by atoms with van der Waals surface area (Å²) >= 11 is 0. The number of amides is 1. The molecule has 0 aliphatic heterocycles. The Morgan fingerprint density at radius 2 is 1.77 bits per heavy atom. The predicted molar refractivity (Wildman–Crippen MR) is 101 cm³/mol. The third kappa shape index (κ3) is 4.11. The zero-order chi connectivity index (χ0) is 18.7. The van der Waals surface area contributed by atoms with Crippen molar-refractivity contribution < 1.29 is 14.1 Å². The maximum Gasteiger partial charge on any atom is 0.267 e. The van der Waals surface area contributed by atoms with Gasteiger partial charge in [0, 0.05) is 11.6 Å². The summed E-state index contributed by atoms with van der Waals surface area (Å²) in [7, 11) is 0. The molecule has 26 heavy (non-hydrogen) atoms. The maximum atomic E-state index is 12.3. The fraction of sp³-hybridized carbons (Fsp3) is 0.238. The van der Waals surface area contributed by atoms with E-state index in [-0.39, 0.29) is 5.91 Å². The molecule has 134 valence electrons. The quantitative estimate of drug-likeness (QED) is 0.726. The van der Waals surface area contributed by atoms with Gasteiger partial charge in [-0.3, -0.25) is 10.1 Å². The summed E-state index contributed by atoms with van der Waals surface area (Å²) in [5.41, 5.74) is 5.07. The average molecular weight is 350 g/mol. The zero-order valence-corrected chi connectivity index (χ0v) is 15.4. The highest BCUT2D eigenvalue weighted by atomic mass is 16.5. The van der Waals surface area contributed by atoms with E-state index in [0.717, 1.165) is 11.1 Å². The van der Waals surface area contributed by atoms with Gasteiger partial charge in [-0.15, -0.1) is 0 Å². The molecule has 0 radical (unpaired) electrons. The van der Waals surface area contributed by atoms with Crippen LogP contribution in [0.3, 0.4) is 0 Å². The van der Waals surface area contributed by atoms with Crippen molar-refractivity contribution in [3.05, 3.63) is 65.2 Å². The molecule has 0 aliphatic rings. The van der Waals surface area contributed by atoms with Crippen molar-refractivity contribution in [1.82, 2.24) is 5.16 Å². The third-order valence-corrected chi connectivity index (χ3v) is 4.26. The Bertz CT molecular complexity index is 913. The summed E-state index contributed by atoms with van der Waals surface area (Å²) in [5.74, 6) is 0.657. The van der Waals surface area contributed by atoms with Crippen molar-refractivity contribution in [3.8, 4) is 17.0 Å². The fourth-order valence-electron chi connectivity index (χ4n) is 2.46. The molecule has 1 aromatic heterocycles. The third-order valence-electron chi connectivity index (χ3n) is 4.26. The number of aromatic nitrogens is 1. The molecule has 1 atom stereocenters. The molecule has 0 unspecified atom stereocenters. The molecule has 0 saturated carbocycles. The first-order chi connectivity index (χ1) is 12.4. The van der Waals surface area contributed by atoms with Crippen LogP contribution in [-0.4, -0.2) is 17.2 Å². The molecular weight excluding hydrogens is 328 g/mol. The maximum absolute atomic E-state index is 12.3. The lowest BCUT2D eigenvalue weighted by atomic mass is 10.1. The predicted octanol–water partition coefficient (Wildman–Crippen LogP) is 4.67. The second-order valence-electron chi connectivity index (χ2n) is 6.44. The van der Waals surface area contributed by atoms with Crippen molar-refractivity contribution in [1.29, 1.82) is 0 Å². The van der Waals surface area contributed by atoms with Crippen LogP contribution in [0.15, 0.2) is 53.1 Å². The van der Waals surface area contributed by atoms with Crippen LogP contribution in [0.1, 0.15) is 23.6 Å². The number of benzene rings is 2. The first kappa shape index (κ1) is 17.7. The molecule has 5 heteroatoms. The SMILES string of the molecule is Cc1ccc(-c2cc(NC(=O)[C@H](C)Oc3ccc(C)c(C)c3)on2)cc1. The molecule has 1 heterocycles. The summed E-state index contributed by atoms with van der Waals surface area (Å²) in [6.07, 6.45) is -0.662. The van der Waals surface area contributed by atoms with E-state index in [1.54, 1.807) is 13.0 Å². The Hall–Kier alpha value is -3.08. The highest BCUT2D eigenvalue weighted by Crippen LogP contribution is 2.23. The van der Waals surface area contributed by atoms with Gasteiger partial charge in [-0.05, 0) is 51.0 Å². The lowest BCUT2D eigenvalue weighted by Crippen LogP contribution is -2.30. The van der Waals surface area contributed by atoms with Crippen LogP contribution in [0.25, 0.3) is 11.3 Å². The lowest BCUT2D eigenvalue weighted by Gasteiger charge is -2.14. The highest BCUT2D eigenvalue weighted by Gasteiger charge is 2.17. The molecule has 0 fully saturated rings. The van der Waals surface area contributed by atoms with E-state index in [9.17, 15) is 4.79 Å². The van der Waals surface area contributed by atoms with Crippen molar-refractivity contribution in [2.24, 2.45) is 0 Å². The van der Waals surface area contributed by atoms with Gasteiger partial charge < -0.3 is 9.26 Å². The van der Waals surface area contributed by atoms with E-state index >= 15 is 0 Å². The minimum absolute atomic E-state index is 0.293. The normalized spacial score (nSPS) is 11.8. The van der Waals surface area contributed by atoms with E-state index < -0.39 is 6.10 Å². The number of hydrogen-bond donors (Lipinski definition) is 1. The van der Waals surface area contributed by atoms with Gasteiger partial charge in [-0.2, -0.15) is 0 Å². The molecular formula is C21H22N2O3. The number of nitrogens with one attached hydrogen (secondary N) is 1. The van der Waals surface area contributed by atoms with Gasteiger partial charge in [0.1, 0.15) is 11.4 Å². The Labute approximate surface area is 153 Å². The first-order valence-electron chi connectivity index (χ1n) is 8.51. The Balaban J connectivity index is 1.64. The van der Waals surface area contributed by atoms with E-state index in [1.807, 2.05) is 63.2 Å². The van der Waals surface area contributed by atoms with Crippen LogP contribution in [0.4, 0.5) is 5.88 Å². The molecule has 0 saturated heterocycles. The topological polar surface area (TPSA) is 64.4 Å². The average Bonchev–Trinajstić information content (AvgIpc) is 3.07. The number of hydrogen-bond acceptors (Lipinski definition) is 4. The number of ether oxygens (including phenoxy) is 1. The Morgan fingerprint density at radius 1 is 1.04 bits per heavy atom. The molecule has 3 aromatic rings. The van der Waals surface area contributed by atoms with Gasteiger partial charge in [0.05, 0.1) is 0 Å². The minimum Gasteiger partial charge on any atom is -0.481 e. The first-order valence-corrected chi connectivity index (χ1v) is 8.51. The fourth-order valence-corrected chi connectivity index (χ4v) is 2.46. The van der Waals surface area contributed by atoms with E-state index in [4.69, 9.17) is 9.26 Å². The second-order valence-corrected chi connectivity index (χ2v) is 6.44. The highest BCUT2D eigenvalue weighted by molar-refractivity contribution is 5.93. The number of aryl methyl sites for hydroxylation is 3. The zero-order valence-electron chi connectivity index (χ0n) is 15.4. The monoisotopic (exact) mass is 350 g/mol. The van der Waals surface area contributed by atoms with E-state index in [1.165, 1.54) is 11.1 Å². The Kier molecular flexibility index (Phi) is 5.07. The molecule has 0 aliphatic carbocycles. The number of carbonyl (C=O) groups is 1. The van der Waals surface area contributed by atoms with Crippen molar-refractivity contribution >= 4 is 11.8 Å². The summed E-state index contributed by atoms with van der Waals surface area (Å²) in [4.78, 5) is 12.3. The van der Waals surface area contributed by atoms with Gasteiger partial charge in [-0.25, -0.2) is 0 Å². The summed E-state index contributed by atoms with van der Waals surface area (Å²) in [6.45, 7) is 7.76. The molecule has 1 amide bonds. The van der Waals surface area contributed by atoms with Gasteiger partial charge in [-0.1, -0.05) is 41.1 Å². The van der Waals surface area contributed by atoms with Crippen LogP contribution < -0.4 is 10.1 Å². The van der Waals surface area contributed by atoms with Crippen molar-refractivity contribution in [2.75, 3.05) is 5.32 Å². The molecule has 3 rings (SSSR count). The molecule has 0 bridgehead atoms. The number of nitrogens with zero attached hydrogens (tertiary/aromatic N) is 1. The van der Waals surface area contributed by atoms with E-state index in [0.29, 0.717) is 17.3 Å². The minimum atomic E-state index is -0.662. The largest absolute Gasteiger partial charge is 0.481 e. The summed E-state index contributed by atoms with van der Waals surface area (Å²) in [6, 6.07) is 15.4. The van der Waals surface area contributed by atoms with Crippen LogP contribution in [0.5, 0.6) is 5.75 Å². The van der Waals surface area contributed by atoms with Crippen LogP contribution in [-0.2, 0) is 4.79 Å². The van der Waals surface area contributed by atoms with Gasteiger partial charge in [0.15, 0.2) is 6.10 Å². The molecule has 0 spiro atoms. The van der Waals surface area contributed by atoms with Crippen LogP contribution in [0, 0.1) is 20.8 Å². The lowest BCUT2D eigenvalue weighted by molar-refractivity contribution is -0.122. The van der Waals surface area contributed by atoms with Gasteiger partial charge >= 0.3 is 0 Å². The summed E-state index contributed by atoms with van der Waals surface area (Å²) in [5, 5.41) is 6.70. The van der Waals surface area contributed by atoms with Crippen LogP contribution in [0.2, 0.25) is 0 Å². The van der Waals surface area contributed by atoms with Crippen molar-refractivity contribution in [2.45, 2.75) is 33.8 Å². The number of carbonyl (C=O) groups excluding carboxylic acids is 1. The number of anilines is 1. The van der Waals surface area contributed by atoms with E-state index in [2.05, 4.69) is 10.5 Å². The van der Waals surface area contributed by atoms with Gasteiger partial charge in [0.25, 0.3) is 5.91 Å². The molecule has 1 N–H and O–H groups in total.